The van der Waals surface area contributed by atoms with E-state index in [0.29, 0.717) is 0 Å². The summed E-state index contributed by atoms with van der Waals surface area (Å²) in [6.45, 7) is 0. The minimum absolute atomic E-state index is 0.169. The van der Waals surface area contributed by atoms with Crippen molar-refractivity contribution in [3.05, 3.63) is 24.3 Å². The summed E-state index contributed by atoms with van der Waals surface area (Å²) in [4.78, 5) is 9.00. The molecule has 0 radical (unpaired) electrons. The molecule has 0 atom stereocenters. The van der Waals surface area contributed by atoms with Crippen molar-refractivity contribution < 1.29 is 15.0 Å². The lowest BCUT2D eigenvalue weighted by Crippen LogP contribution is -2.18. The monoisotopic (exact) mass is 170 g/mol. The van der Waals surface area contributed by atoms with Crippen LogP contribution in [0.1, 0.15) is 0 Å². The number of benzene rings is 1. The number of phenolic OH excluding ortho intramolecular Hbond substituents is 2. The van der Waals surface area contributed by atoms with Gasteiger partial charge in [0.15, 0.2) is 0 Å². The van der Waals surface area contributed by atoms with Gasteiger partial charge in [-0.15, -0.1) is 0 Å². The van der Waals surface area contributed by atoms with Gasteiger partial charge in [0, 0.05) is 0 Å². The van der Waals surface area contributed by atoms with Crippen molar-refractivity contribution in [1.82, 2.24) is 0 Å². The Morgan fingerprint density at radius 2 is 1.17 bits per heavy atom. The lowest BCUT2D eigenvalue weighted by atomic mass is 10.3. The van der Waals surface area contributed by atoms with Crippen molar-refractivity contribution in [2.45, 2.75) is 0 Å². The van der Waals surface area contributed by atoms with Crippen molar-refractivity contribution in [2.75, 3.05) is 0 Å². The largest absolute Gasteiger partial charge is 0.508 e. The van der Waals surface area contributed by atoms with E-state index in [0.717, 1.165) is 0 Å². The molecule has 66 valence electrons. The van der Waals surface area contributed by atoms with E-state index in [1.807, 2.05) is 0 Å². The first-order valence-corrected chi connectivity index (χ1v) is 3.05. The minimum Gasteiger partial charge on any atom is -0.508 e. The number of hydrogen-bond acceptors (Lipinski definition) is 3. The normalized spacial score (nSPS) is 8.00. The van der Waals surface area contributed by atoms with Gasteiger partial charge in [0.25, 0.3) is 0 Å². The first kappa shape index (κ1) is 10.1. The van der Waals surface area contributed by atoms with E-state index in [1.165, 1.54) is 24.3 Å². The van der Waals surface area contributed by atoms with Crippen LogP contribution < -0.4 is 11.5 Å². The van der Waals surface area contributed by atoms with Crippen LogP contribution in [0.4, 0.5) is 4.79 Å². The summed E-state index contributed by atoms with van der Waals surface area (Å²) in [5.41, 5.74) is 8.50. The zero-order valence-electron chi connectivity index (χ0n) is 6.27. The fourth-order valence-electron chi connectivity index (χ4n) is 0.453. The number of amides is 2. The van der Waals surface area contributed by atoms with E-state index < -0.39 is 6.03 Å². The lowest BCUT2D eigenvalue weighted by Gasteiger charge is -1.88. The number of phenols is 2. The van der Waals surface area contributed by atoms with Crippen LogP contribution in [0, 0.1) is 0 Å². The van der Waals surface area contributed by atoms with Gasteiger partial charge in [-0.25, -0.2) is 4.79 Å². The molecule has 1 aromatic carbocycles. The predicted octanol–water partition coefficient (Wildman–Crippen LogP) is 0.122. The van der Waals surface area contributed by atoms with Gasteiger partial charge in [0.05, 0.1) is 0 Å². The molecule has 0 aliphatic rings. The van der Waals surface area contributed by atoms with Gasteiger partial charge in [-0.2, -0.15) is 0 Å². The molecule has 0 aliphatic heterocycles. The van der Waals surface area contributed by atoms with Crippen LogP contribution >= 0.6 is 0 Å². The van der Waals surface area contributed by atoms with E-state index >= 15 is 0 Å². The summed E-state index contributed by atoms with van der Waals surface area (Å²) in [6, 6.07) is 4.87. The average molecular weight is 170 g/mol. The minimum atomic E-state index is -0.833. The molecule has 1 aromatic rings. The third-order valence-electron chi connectivity index (χ3n) is 0.850. The Hall–Kier alpha value is -1.91. The molecule has 0 bridgehead atoms. The van der Waals surface area contributed by atoms with Crippen LogP contribution in [0.3, 0.4) is 0 Å². The Kier molecular flexibility index (Phi) is 4.07. The molecule has 12 heavy (non-hydrogen) atoms. The first-order chi connectivity index (χ1) is 5.52. The van der Waals surface area contributed by atoms with Crippen molar-refractivity contribution in [3.8, 4) is 11.5 Å². The number of carbonyl (C=O) groups is 1. The SMILES string of the molecule is NC(N)=O.Oc1ccc(O)cc1. The summed E-state index contributed by atoms with van der Waals surface area (Å²) >= 11 is 0. The summed E-state index contributed by atoms with van der Waals surface area (Å²) in [5, 5.41) is 17.3. The van der Waals surface area contributed by atoms with Crippen LogP contribution in [-0.2, 0) is 0 Å². The summed E-state index contributed by atoms with van der Waals surface area (Å²) in [7, 11) is 0. The number of carbonyl (C=O) groups excluding carboxylic acids is 1. The molecule has 0 unspecified atom stereocenters. The highest BCUT2D eigenvalue weighted by molar-refractivity contribution is 5.69. The third-order valence-corrected chi connectivity index (χ3v) is 0.850. The zero-order valence-corrected chi connectivity index (χ0v) is 6.27. The Bertz CT molecular complexity index is 220. The maximum Gasteiger partial charge on any atom is 0.309 e. The Morgan fingerprint density at radius 3 is 1.33 bits per heavy atom. The summed E-state index contributed by atoms with van der Waals surface area (Å²) in [6.07, 6.45) is 0. The maximum atomic E-state index is 9.00. The molecule has 2 amide bonds. The lowest BCUT2D eigenvalue weighted by molar-refractivity contribution is 0.256. The molecule has 5 nitrogen and oxygen atoms in total. The molecule has 1 rings (SSSR count). The molecule has 0 heterocycles. The van der Waals surface area contributed by atoms with E-state index in [-0.39, 0.29) is 11.5 Å². The van der Waals surface area contributed by atoms with Gasteiger partial charge in [-0.1, -0.05) is 0 Å². The highest BCUT2D eigenvalue weighted by atomic mass is 16.3. The molecule has 0 spiro atoms. The molecule has 0 fully saturated rings. The van der Waals surface area contributed by atoms with Crippen LogP contribution in [0.5, 0.6) is 11.5 Å². The highest BCUT2D eigenvalue weighted by Crippen LogP contribution is 2.13. The molecular weight excluding hydrogens is 160 g/mol. The second-order valence-electron chi connectivity index (χ2n) is 1.92. The molecule has 0 aromatic heterocycles. The van der Waals surface area contributed by atoms with E-state index in [2.05, 4.69) is 11.5 Å². The smallest absolute Gasteiger partial charge is 0.309 e. The number of nitrogens with two attached hydrogens (primary N) is 2. The number of rotatable bonds is 0. The number of urea groups is 1. The second kappa shape index (κ2) is 4.84. The third kappa shape index (κ3) is 6.21. The van der Waals surface area contributed by atoms with Gasteiger partial charge < -0.3 is 21.7 Å². The average Bonchev–Trinajstić information content (AvgIpc) is 1.94. The highest BCUT2D eigenvalue weighted by Gasteiger charge is 1.84. The van der Waals surface area contributed by atoms with Gasteiger partial charge in [-0.05, 0) is 24.3 Å². The van der Waals surface area contributed by atoms with Crippen molar-refractivity contribution >= 4 is 6.03 Å². The van der Waals surface area contributed by atoms with Crippen molar-refractivity contribution in [3.63, 3.8) is 0 Å². The van der Waals surface area contributed by atoms with Gasteiger partial charge >= 0.3 is 6.03 Å². The second-order valence-corrected chi connectivity index (χ2v) is 1.92. The van der Waals surface area contributed by atoms with Crippen LogP contribution in [0.15, 0.2) is 24.3 Å². The fraction of sp³-hybridized carbons (Fsp3) is 0. The fourth-order valence-corrected chi connectivity index (χ4v) is 0.453. The number of primary amides is 2. The van der Waals surface area contributed by atoms with Crippen LogP contribution in [0.25, 0.3) is 0 Å². The Balaban J connectivity index is 0.000000261. The quantitative estimate of drug-likeness (QED) is 0.415. The first-order valence-electron chi connectivity index (χ1n) is 3.05. The van der Waals surface area contributed by atoms with Gasteiger partial charge in [0.2, 0.25) is 0 Å². The van der Waals surface area contributed by atoms with Crippen LogP contribution in [-0.4, -0.2) is 16.2 Å². The molecule has 5 heteroatoms. The van der Waals surface area contributed by atoms with Gasteiger partial charge in [0.1, 0.15) is 11.5 Å². The van der Waals surface area contributed by atoms with Crippen molar-refractivity contribution in [1.29, 1.82) is 0 Å². The van der Waals surface area contributed by atoms with Crippen LogP contribution in [0.2, 0.25) is 0 Å². The van der Waals surface area contributed by atoms with E-state index in [9.17, 15) is 0 Å². The van der Waals surface area contributed by atoms with E-state index in [4.69, 9.17) is 15.0 Å². The summed E-state index contributed by atoms with van der Waals surface area (Å²) in [5.74, 6) is 0.339. The zero-order chi connectivity index (χ0) is 9.56. The molecular formula is C7H10N2O3. The van der Waals surface area contributed by atoms with Gasteiger partial charge in [-0.3, -0.25) is 0 Å². The molecule has 0 saturated carbocycles. The maximum absolute atomic E-state index is 9.00. The molecule has 0 aliphatic carbocycles. The van der Waals surface area contributed by atoms with Crippen molar-refractivity contribution in [2.24, 2.45) is 11.5 Å². The predicted molar refractivity (Wildman–Crippen MR) is 43.5 cm³/mol. The Morgan fingerprint density at radius 1 is 1.00 bits per heavy atom. The van der Waals surface area contributed by atoms with E-state index in [1.54, 1.807) is 0 Å². The molecule has 6 N–H and O–H groups in total. The number of aromatic hydroxyl groups is 2. The molecule has 0 saturated heterocycles. The standard InChI is InChI=1S/C6H6O2.CH4N2O/c7-5-1-2-6(8)4-3-5;2-1(3)4/h1-4,7-8H;(H4,2,3,4). The number of hydrogen-bond donors (Lipinski definition) is 4. The Labute approximate surface area is 69.2 Å². The topological polar surface area (TPSA) is 110 Å². The summed E-state index contributed by atoms with van der Waals surface area (Å²) < 4.78 is 0.